The van der Waals surface area contributed by atoms with E-state index < -0.39 is 0 Å². The molecule has 1 aromatic carbocycles. The first kappa shape index (κ1) is 14.6. The lowest BCUT2D eigenvalue weighted by atomic mass is 10.1. The molecule has 0 spiro atoms. The molecule has 1 aliphatic rings. The third-order valence-electron chi connectivity index (χ3n) is 3.22. The molecule has 19 heavy (non-hydrogen) atoms. The van der Waals surface area contributed by atoms with Gasteiger partial charge in [0.05, 0.1) is 12.7 Å². The highest BCUT2D eigenvalue weighted by atomic mass is 127. The number of hydrogen-bond acceptors (Lipinski definition) is 3. The van der Waals surface area contributed by atoms with Crippen LogP contribution in [0.2, 0.25) is 0 Å². The Morgan fingerprint density at radius 1 is 1.47 bits per heavy atom. The van der Waals surface area contributed by atoms with Crippen LogP contribution in [-0.4, -0.2) is 32.3 Å². The summed E-state index contributed by atoms with van der Waals surface area (Å²) in [5, 5.41) is 3.05. The molecule has 1 heterocycles. The molecule has 0 radical (unpaired) electrons. The highest BCUT2D eigenvalue weighted by Crippen LogP contribution is 2.22. The van der Waals surface area contributed by atoms with Crippen molar-refractivity contribution in [2.24, 2.45) is 0 Å². The molecule has 2 rings (SSSR count). The Morgan fingerprint density at radius 3 is 2.84 bits per heavy atom. The summed E-state index contributed by atoms with van der Waals surface area (Å²) in [6.45, 7) is 1.44. The van der Waals surface area contributed by atoms with Crippen LogP contribution in [0.25, 0.3) is 0 Å². The van der Waals surface area contributed by atoms with Gasteiger partial charge in [0.2, 0.25) is 0 Å². The predicted molar refractivity (Wildman–Crippen MR) is 82.0 cm³/mol. The van der Waals surface area contributed by atoms with Crippen LogP contribution in [0, 0.1) is 0 Å². The highest BCUT2D eigenvalue weighted by molar-refractivity contribution is 14.1. The van der Waals surface area contributed by atoms with Crippen molar-refractivity contribution in [3.63, 3.8) is 0 Å². The Hall–Kier alpha value is -0.820. The summed E-state index contributed by atoms with van der Waals surface area (Å²) in [7, 11) is 1.59. The molecule has 1 aromatic rings. The van der Waals surface area contributed by atoms with E-state index in [1.807, 2.05) is 18.2 Å². The molecule has 104 valence electrons. The quantitative estimate of drug-likeness (QED) is 0.650. The predicted octanol–water partition coefficient (Wildman–Crippen LogP) is 2.54. The third-order valence-corrected chi connectivity index (χ3v) is 4.10. The highest BCUT2D eigenvalue weighted by Gasteiger charge is 2.19. The van der Waals surface area contributed by atoms with Crippen LogP contribution in [0.5, 0.6) is 5.75 Å². The van der Waals surface area contributed by atoms with E-state index in [2.05, 4.69) is 27.9 Å². The standard InChI is InChI=1S/C14H18INO3/c1-18-13-8-10(9-15)2-3-12(13)14(17)16-11-4-6-19-7-5-11/h2-3,8,11H,4-7,9H2,1H3,(H,16,17). The monoisotopic (exact) mass is 375 g/mol. The zero-order valence-electron chi connectivity index (χ0n) is 10.9. The minimum absolute atomic E-state index is 0.0660. The summed E-state index contributed by atoms with van der Waals surface area (Å²) in [6, 6.07) is 5.93. The van der Waals surface area contributed by atoms with Crippen molar-refractivity contribution in [3.05, 3.63) is 29.3 Å². The molecule has 1 N–H and O–H groups in total. The van der Waals surface area contributed by atoms with Gasteiger partial charge in [0.25, 0.3) is 5.91 Å². The number of alkyl halides is 1. The molecule has 1 amide bonds. The molecule has 0 aromatic heterocycles. The maximum atomic E-state index is 12.3. The van der Waals surface area contributed by atoms with Crippen LogP contribution in [0.15, 0.2) is 18.2 Å². The van der Waals surface area contributed by atoms with E-state index >= 15 is 0 Å². The van der Waals surface area contributed by atoms with Gasteiger partial charge in [0.15, 0.2) is 0 Å². The molecule has 0 atom stereocenters. The van der Waals surface area contributed by atoms with Crippen molar-refractivity contribution >= 4 is 28.5 Å². The summed E-state index contributed by atoms with van der Waals surface area (Å²) < 4.78 is 11.5. The van der Waals surface area contributed by atoms with Gasteiger partial charge in [-0.3, -0.25) is 4.79 Å². The molecule has 0 bridgehead atoms. The molecule has 0 unspecified atom stereocenters. The van der Waals surface area contributed by atoms with Crippen LogP contribution >= 0.6 is 22.6 Å². The fourth-order valence-electron chi connectivity index (χ4n) is 2.11. The number of halogens is 1. The Kier molecular flexibility index (Phi) is 5.45. The van der Waals surface area contributed by atoms with Crippen molar-refractivity contribution in [1.29, 1.82) is 0 Å². The SMILES string of the molecule is COc1cc(CI)ccc1C(=O)NC1CCOCC1. The molecule has 0 saturated carbocycles. The first-order valence-electron chi connectivity index (χ1n) is 6.36. The maximum absolute atomic E-state index is 12.3. The lowest BCUT2D eigenvalue weighted by Crippen LogP contribution is -2.39. The zero-order valence-corrected chi connectivity index (χ0v) is 13.1. The molecule has 5 heteroatoms. The third kappa shape index (κ3) is 3.82. The van der Waals surface area contributed by atoms with Crippen molar-refractivity contribution in [2.75, 3.05) is 20.3 Å². The van der Waals surface area contributed by atoms with Crippen LogP contribution in [0.4, 0.5) is 0 Å². The molecule has 1 saturated heterocycles. The Balaban J connectivity index is 2.09. The van der Waals surface area contributed by atoms with Gasteiger partial charge in [0.1, 0.15) is 5.75 Å². The number of nitrogens with one attached hydrogen (secondary N) is 1. The second-order valence-electron chi connectivity index (χ2n) is 4.53. The number of amides is 1. The summed E-state index contributed by atoms with van der Waals surface area (Å²) in [5.74, 6) is 0.572. The van der Waals surface area contributed by atoms with Crippen LogP contribution in [0.1, 0.15) is 28.8 Å². The lowest BCUT2D eigenvalue weighted by molar-refractivity contribution is 0.0695. The number of ether oxygens (including phenoxy) is 2. The second-order valence-corrected chi connectivity index (χ2v) is 5.29. The summed E-state index contributed by atoms with van der Waals surface area (Å²) in [6.07, 6.45) is 1.75. The number of hydrogen-bond donors (Lipinski definition) is 1. The van der Waals surface area contributed by atoms with E-state index in [9.17, 15) is 4.79 Å². The summed E-state index contributed by atoms with van der Waals surface area (Å²) in [4.78, 5) is 12.3. The van der Waals surface area contributed by atoms with E-state index in [4.69, 9.17) is 9.47 Å². The Bertz CT molecular complexity index is 444. The topological polar surface area (TPSA) is 47.6 Å². The minimum Gasteiger partial charge on any atom is -0.496 e. The van der Waals surface area contributed by atoms with E-state index in [-0.39, 0.29) is 11.9 Å². The largest absolute Gasteiger partial charge is 0.496 e. The van der Waals surface area contributed by atoms with E-state index in [1.165, 1.54) is 0 Å². The van der Waals surface area contributed by atoms with Gasteiger partial charge < -0.3 is 14.8 Å². The van der Waals surface area contributed by atoms with Crippen molar-refractivity contribution in [3.8, 4) is 5.75 Å². The van der Waals surface area contributed by atoms with Crippen molar-refractivity contribution < 1.29 is 14.3 Å². The number of methoxy groups -OCH3 is 1. The average molecular weight is 375 g/mol. The van der Waals surface area contributed by atoms with Gasteiger partial charge in [0, 0.05) is 23.7 Å². The van der Waals surface area contributed by atoms with Gasteiger partial charge >= 0.3 is 0 Å². The first-order chi connectivity index (χ1) is 9.24. The first-order valence-corrected chi connectivity index (χ1v) is 7.88. The molecular formula is C14H18INO3. The Labute approximate surface area is 127 Å². The normalized spacial score (nSPS) is 16.1. The number of benzene rings is 1. The number of carbonyl (C=O) groups is 1. The number of carbonyl (C=O) groups excluding carboxylic acids is 1. The molecule has 4 nitrogen and oxygen atoms in total. The van der Waals surface area contributed by atoms with Gasteiger partial charge in [-0.25, -0.2) is 0 Å². The lowest BCUT2D eigenvalue weighted by Gasteiger charge is -2.23. The molecule has 1 fully saturated rings. The molecular weight excluding hydrogens is 357 g/mol. The smallest absolute Gasteiger partial charge is 0.255 e. The van der Waals surface area contributed by atoms with Crippen LogP contribution in [0.3, 0.4) is 0 Å². The fraction of sp³-hybridized carbons (Fsp3) is 0.500. The van der Waals surface area contributed by atoms with E-state index in [0.29, 0.717) is 11.3 Å². The van der Waals surface area contributed by atoms with Crippen molar-refractivity contribution in [2.45, 2.75) is 23.3 Å². The summed E-state index contributed by atoms with van der Waals surface area (Å²) in [5.41, 5.74) is 1.75. The fourth-order valence-corrected chi connectivity index (χ4v) is 2.59. The van der Waals surface area contributed by atoms with Crippen LogP contribution in [-0.2, 0) is 9.16 Å². The van der Waals surface area contributed by atoms with Gasteiger partial charge in [-0.1, -0.05) is 28.7 Å². The number of rotatable bonds is 4. The van der Waals surface area contributed by atoms with Gasteiger partial charge in [-0.05, 0) is 30.5 Å². The Morgan fingerprint density at radius 2 is 2.21 bits per heavy atom. The van der Waals surface area contributed by atoms with E-state index in [0.717, 1.165) is 36.0 Å². The van der Waals surface area contributed by atoms with E-state index in [1.54, 1.807) is 7.11 Å². The zero-order chi connectivity index (χ0) is 13.7. The molecule has 1 aliphatic heterocycles. The minimum atomic E-state index is -0.0660. The van der Waals surface area contributed by atoms with Gasteiger partial charge in [-0.15, -0.1) is 0 Å². The summed E-state index contributed by atoms with van der Waals surface area (Å²) >= 11 is 2.29. The average Bonchev–Trinajstić information content (AvgIpc) is 2.47. The van der Waals surface area contributed by atoms with Crippen LogP contribution < -0.4 is 10.1 Å². The van der Waals surface area contributed by atoms with Crippen molar-refractivity contribution in [1.82, 2.24) is 5.32 Å². The van der Waals surface area contributed by atoms with Gasteiger partial charge in [-0.2, -0.15) is 0 Å². The molecule has 0 aliphatic carbocycles. The second kappa shape index (κ2) is 7.09. The maximum Gasteiger partial charge on any atom is 0.255 e.